The molecule has 0 fully saturated rings. The molecule has 1 unspecified atom stereocenters. The van der Waals surface area contributed by atoms with Gasteiger partial charge in [-0.3, -0.25) is 0 Å². The number of aromatic nitrogens is 2. The Kier molecular flexibility index (Phi) is 2.13. The number of hydrogen-bond donors (Lipinski definition) is 0. The first kappa shape index (κ1) is 10.8. The smallest absolute Gasteiger partial charge is 0.140 e. The molecule has 0 spiro atoms. The summed E-state index contributed by atoms with van der Waals surface area (Å²) in [6.45, 7) is 9.14. The molecule has 0 saturated carbocycles. The minimum atomic E-state index is 0.157. The molecule has 17 heavy (non-hydrogen) atoms. The molecule has 2 heteroatoms. The summed E-state index contributed by atoms with van der Waals surface area (Å²) in [5, 5.41) is 0. The number of pyridine rings is 1. The van der Waals surface area contributed by atoms with E-state index in [1.807, 2.05) is 6.20 Å². The molecule has 0 amide bonds. The van der Waals surface area contributed by atoms with Gasteiger partial charge in [0.15, 0.2) is 0 Å². The average molecular weight is 228 g/mol. The molecule has 0 aromatic carbocycles. The van der Waals surface area contributed by atoms with Crippen molar-refractivity contribution in [3.8, 4) is 0 Å². The van der Waals surface area contributed by atoms with Crippen molar-refractivity contribution in [1.29, 1.82) is 0 Å². The Labute approximate surface area is 103 Å². The van der Waals surface area contributed by atoms with Gasteiger partial charge in [-0.25, -0.2) is 4.98 Å². The SMILES string of the molecule is CC1CCc2c1cc(C(C)(C)C)c1nccn21. The van der Waals surface area contributed by atoms with Crippen molar-refractivity contribution in [3.05, 3.63) is 35.3 Å². The molecule has 1 aliphatic carbocycles. The summed E-state index contributed by atoms with van der Waals surface area (Å²) in [6, 6.07) is 2.40. The monoisotopic (exact) mass is 228 g/mol. The molecule has 2 aromatic heterocycles. The highest BCUT2D eigenvalue weighted by Crippen LogP contribution is 2.37. The highest BCUT2D eigenvalue weighted by molar-refractivity contribution is 5.56. The van der Waals surface area contributed by atoms with Crippen molar-refractivity contribution in [2.24, 2.45) is 0 Å². The van der Waals surface area contributed by atoms with Gasteiger partial charge >= 0.3 is 0 Å². The second kappa shape index (κ2) is 3.34. The second-order valence-electron chi connectivity index (χ2n) is 6.27. The van der Waals surface area contributed by atoms with Gasteiger partial charge in [-0.15, -0.1) is 0 Å². The molecule has 2 nitrogen and oxygen atoms in total. The van der Waals surface area contributed by atoms with Crippen LogP contribution in [0.25, 0.3) is 5.65 Å². The van der Waals surface area contributed by atoms with Crippen molar-refractivity contribution in [3.63, 3.8) is 0 Å². The van der Waals surface area contributed by atoms with E-state index < -0.39 is 0 Å². The Morgan fingerprint density at radius 2 is 2.12 bits per heavy atom. The van der Waals surface area contributed by atoms with Gasteiger partial charge in [0.05, 0.1) is 0 Å². The van der Waals surface area contributed by atoms with Gasteiger partial charge in [-0.05, 0) is 35.8 Å². The number of fused-ring (bicyclic) bond motifs is 3. The van der Waals surface area contributed by atoms with E-state index in [9.17, 15) is 0 Å². The van der Waals surface area contributed by atoms with Gasteiger partial charge < -0.3 is 4.40 Å². The molecule has 0 N–H and O–H groups in total. The highest BCUT2D eigenvalue weighted by Gasteiger charge is 2.26. The number of aryl methyl sites for hydroxylation is 1. The van der Waals surface area contributed by atoms with Crippen molar-refractivity contribution in [1.82, 2.24) is 9.38 Å². The van der Waals surface area contributed by atoms with Crippen LogP contribution < -0.4 is 0 Å². The summed E-state index contributed by atoms with van der Waals surface area (Å²) in [5.41, 5.74) is 5.67. The van der Waals surface area contributed by atoms with E-state index in [-0.39, 0.29) is 5.41 Å². The topological polar surface area (TPSA) is 17.3 Å². The zero-order valence-corrected chi connectivity index (χ0v) is 11.1. The molecule has 3 rings (SSSR count). The summed E-state index contributed by atoms with van der Waals surface area (Å²) in [4.78, 5) is 4.55. The maximum absolute atomic E-state index is 4.55. The summed E-state index contributed by atoms with van der Waals surface area (Å²) in [6.07, 6.45) is 6.50. The van der Waals surface area contributed by atoms with Crippen molar-refractivity contribution in [2.75, 3.05) is 0 Å². The summed E-state index contributed by atoms with van der Waals surface area (Å²) in [5.74, 6) is 0.692. The van der Waals surface area contributed by atoms with Gasteiger partial charge in [0.2, 0.25) is 0 Å². The fourth-order valence-corrected chi connectivity index (χ4v) is 2.92. The molecule has 1 atom stereocenters. The first-order valence-corrected chi connectivity index (χ1v) is 6.48. The summed E-state index contributed by atoms with van der Waals surface area (Å²) in [7, 11) is 0. The third kappa shape index (κ3) is 1.50. The highest BCUT2D eigenvalue weighted by atomic mass is 15.0. The third-order valence-corrected chi connectivity index (χ3v) is 3.96. The lowest BCUT2D eigenvalue weighted by Gasteiger charge is -2.22. The Balaban J connectivity index is 2.38. The lowest BCUT2D eigenvalue weighted by molar-refractivity contribution is 0.590. The van der Waals surface area contributed by atoms with E-state index in [2.05, 4.69) is 49.3 Å². The average Bonchev–Trinajstić information content (AvgIpc) is 2.81. The van der Waals surface area contributed by atoms with Gasteiger partial charge in [0.1, 0.15) is 5.65 Å². The minimum Gasteiger partial charge on any atom is -0.304 e. The number of hydrogen-bond acceptors (Lipinski definition) is 1. The van der Waals surface area contributed by atoms with E-state index in [1.54, 1.807) is 0 Å². The standard InChI is InChI=1S/C15H20N2/c1-10-5-6-13-11(10)9-12(15(2,3)4)14-16-7-8-17(13)14/h7-10H,5-6H2,1-4H3. The molecular weight excluding hydrogens is 208 g/mol. The van der Waals surface area contributed by atoms with Crippen LogP contribution in [0.1, 0.15) is 56.9 Å². The van der Waals surface area contributed by atoms with Crippen LogP contribution in [0.3, 0.4) is 0 Å². The molecular formula is C15H20N2. The summed E-state index contributed by atoms with van der Waals surface area (Å²) < 4.78 is 2.30. The van der Waals surface area contributed by atoms with Crippen molar-refractivity contribution < 1.29 is 0 Å². The van der Waals surface area contributed by atoms with E-state index in [1.165, 1.54) is 29.7 Å². The van der Waals surface area contributed by atoms with Crippen LogP contribution >= 0.6 is 0 Å². The normalized spacial score (nSPS) is 19.9. The Hall–Kier alpha value is -1.31. The molecule has 0 aliphatic heterocycles. The fourth-order valence-electron chi connectivity index (χ4n) is 2.92. The molecule has 0 radical (unpaired) electrons. The lowest BCUT2D eigenvalue weighted by atomic mass is 9.86. The van der Waals surface area contributed by atoms with Crippen molar-refractivity contribution in [2.45, 2.75) is 51.9 Å². The van der Waals surface area contributed by atoms with Crippen LogP contribution in [0.15, 0.2) is 18.5 Å². The first-order chi connectivity index (χ1) is 7.98. The number of imidazole rings is 1. The van der Waals surface area contributed by atoms with Gasteiger partial charge in [0.25, 0.3) is 0 Å². The van der Waals surface area contributed by atoms with E-state index in [4.69, 9.17) is 0 Å². The van der Waals surface area contributed by atoms with Crippen LogP contribution in [0, 0.1) is 0 Å². The van der Waals surface area contributed by atoms with Crippen LogP contribution in [0.2, 0.25) is 0 Å². The summed E-state index contributed by atoms with van der Waals surface area (Å²) >= 11 is 0. The molecule has 2 heterocycles. The third-order valence-electron chi connectivity index (χ3n) is 3.96. The van der Waals surface area contributed by atoms with E-state index >= 15 is 0 Å². The van der Waals surface area contributed by atoms with Gasteiger partial charge in [0, 0.05) is 23.7 Å². The molecule has 90 valence electrons. The lowest BCUT2D eigenvalue weighted by Crippen LogP contribution is -2.15. The Morgan fingerprint density at radius 1 is 1.35 bits per heavy atom. The maximum Gasteiger partial charge on any atom is 0.140 e. The zero-order valence-electron chi connectivity index (χ0n) is 11.1. The zero-order chi connectivity index (χ0) is 12.2. The Morgan fingerprint density at radius 3 is 2.82 bits per heavy atom. The first-order valence-electron chi connectivity index (χ1n) is 6.48. The van der Waals surface area contributed by atoms with Crippen LogP contribution in [0.5, 0.6) is 0 Å². The molecule has 0 saturated heterocycles. The Bertz CT molecular complexity index is 572. The largest absolute Gasteiger partial charge is 0.304 e. The van der Waals surface area contributed by atoms with Gasteiger partial charge in [-0.1, -0.05) is 27.7 Å². The molecule has 2 aromatic rings. The fraction of sp³-hybridized carbons (Fsp3) is 0.533. The molecule has 1 aliphatic rings. The van der Waals surface area contributed by atoms with Gasteiger partial charge in [-0.2, -0.15) is 0 Å². The van der Waals surface area contributed by atoms with E-state index in [0.29, 0.717) is 5.92 Å². The second-order valence-corrected chi connectivity index (χ2v) is 6.27. The molecule has 0 bridgehead atoms. The van der Waals surface area contributed by atoms with Crippen LogP contribution in [-0.2, 0) is 11.8 Å². The minimum absolute atomic E-state index is 0.157. The maximum atomic E-state index is 4.55. The predicted molar refractivity (Wildman–Crippen MR) is 70.6 cm³/mol. The quantitative estimate of drug-likeness (QED) is 0.672. The predicted octanol–water partition coefficient (Wildman–Crippen LogP) is 3.68. The number of rotatable bonds is 0. The number of nitrogens with zero attached hydrogens (tertiary/aromatic N) is 2. The van der Waals surface area contributed by atoms with Crippen molar-refractivity contribution >= 4 is 5.65 Å². The van der Waals surface area contributed by atoms with Crippen LogP contribution in [-0.4, -0.2) is 9.38 Å². The van der Waals surface area contributed by atoms with Crippen LogP contribution in [0.4, 0.5) is 0 Å². The van der Waals surface area contributed by atoms with E-state index in [0.717, 1.165) is 5.65 Å².